The Balaban J connectivity index is 1.05. The van der Waals surface area contributed by atoms with Crippen LogP contribution in [0.1, 0.15) is 82.8 Å². The van der Waals surface area contributed by atoms with Crippen molar-refractivity contribution in [2.75, 3.05) is 44.8 Å². The van der Waals surface area contributed by atoms with E-state index in [0.717, 1.165) is 44.6 Å². The van der Waals surface area contributed by atoms with Crippen LogP contribution < -0.4 is 5.32 Å². The molecule has 0 radical (unpaired) electrons. The minimum atomic E-state index is -2.35. The molecular formula is C28H41F2N7O3. The summed E-state index contributed by atoms with van der Waals surface area (Å²) in [6.45, 7) is 7.17. The zero-order valence-electron chi connectivity index (χ0n) is 23.5. The molecule has 4 heterocycles. The number of hydrogen-bond acceptors (Lipinski definition) is 9. The molecule has 0 atom stereocenters. The van der Waals surface area contributed by atoms with Crippen molar-refractivity contribution in [3.8, 4) is 5.82 Å². The van der Waals surface area contributed by atoms with Crippen molar-refractivity contribution < 1.29 is 23.4 Å². The second-order valence-electron chi connectivity index (χ2n) is 12.8. The summed E-state index contributed by atoms with van der Waals surface area (Å²) in [7, 11) is 0. The molecule has 2 aromatic rings. The first-order valence-electron chi connectivity index (χ1n) is 14.7. The lowest BCUT2D eigenvalue weighted by Crippen LogP contribution is -2.54. The van der Waals surface area contributed by atoms with Gasteiger partial charge >= 0.3 is 0 Å². The van der Waals surface area contributed by atoms with Crippen LogP contribution in [0.3, 0.4) is 0 Å². The van der Waals surface area contributed by atoms with Gasteiger partial charge in [0.2, 0.25) is 6.43 Å². The maximum Gasteiger partial charge on any atom is 0.245 e. The molecule has 2 aromatic heterocycles. The van der Waals surface area contributed by atoms with E-state index in [1.807, 2.05) is 12.1 Å². The van der Waals surface area contributed by atoms with E-state index >= 15 is 0 Å². The first-order chi connectivity index (χ1) is 19.1. The largest absolute Gasteiger partial charge is 0.382 e. The summed E-state index contributed by atoms with van der Waals surface area (Å²) in [4.78, 5) is 6.77. The number of anilines is 1. The summed E-state index contributed by atoms with van der Waals surface area (Å²) in [6, 6.07) is 3.75. The standard InChI is InChI=1S/C28H41F2N7O3/c1-26(2,38)25-32-23(19-3-4-19)37(35-25)22-6-5-21(33-34-22)31-20-7-9-27(10-8-20,24(29)30)17-36-13-11-28(12-14-36)18-39-15-16-40-28/h5-6,19-20,24,38H,3-4,7-18H2,1-2H3,(H,31,33). The second kappa shape index (κ2) is 10.8. The van der Waals surface area contributed by atoms with Gasteiger partial charge in [-0.25, -0.2) is 13.8 Å². The molecule has 0 amide bonds. The number of alkyl halides is 2. The fourth-order valence-corrected chi connectivity index (χ4v) is 6.33. The number of ether oxygens (including phenoxy) is 2. The van der Waals surface area contributed by atoms with Gasteiger partial charge in [-0.05, 0) is 77.3 Å². The normalized spacial score (nSPS) is 27.8. The van der Waals surface area contributed by atoms with Gasteiger partial charge in [-0.15, -0.1) is 15.3 Å². The minimum Gasteiger partial charge on any atom is -0.382 e. The van der Waals surface area contributed by atoms with Crippen LogP contribution in [0, 0.1) is 5.41 Å². The molecule has 220 valence electrons. The summed E-state index contributed by atoms with van der Waals surface area (Å²) in [6.07, 6.45) is 3.66. The Kier molecular flexibility index (Phi) is 7.56. The number of aliphatic hydroxyl groups is 1. The zero-order chi connectivity index (χ0) is 28.0. The third-order valence-corrected chi connectivity index (χ3v) is 9.09. The van der Waals surface area contributed by atoms with E-state index in [1.165, 1.54) is 0 Å². The van der Waals surface area contributed by atoms with E-state index in [1.54, 1.807) is 18.5 Å². The predicted octanol–water partition coefficient (Wildman–Crippen LogP) is 3.65. The van der Waals surface area contributed by atoms with Gasteiger partial charge in [0.15, 0.2) is 11.6 Å². The number of likely N-dealkylation sites (tertiary alicyclic amines) is 1. The molecule has 6 rings (SSSR count). The van der Waals surface area contributed by atoms with Crippen molar-refractivity contribution in [2.45, 2.75) is 94.8 Å². The average molecular weight is 562 g/mol. The molecule has 0 aromatic carbocycles. The Hall–Kier alpha value is -2.28. The summed E-state index contributed by atoms with van der Waals surface area (Å²) >= 11 is 0. The molecular weight excluding hydrogens is 520 g/mol. The quantitative estimate of drug-likeness (QED) is 0.499. The molecule has 1 spiro atoms. The Morgan fingerprint density at radius 3 is 2.40 bits per heavy atom. The Bertz CT molecular complexity index is 1140. The van der Waals surface area contributed by atoms with Gasteiger partial charge < -0.3 is 24.8 Å². The third kappa shape index (κ3) is 5.86. The number of nitrogens with one attached hydrogen (secondary N) is 1. The van der Waals surface area contributed by atoms with Gasteiger partial charge in [0, 0.05) is 37.0 Å². The van der Waals surface area contributed by atoms with Crippen molar-refractivity contribution in [3.05, 3.63) is 23.8 Å². The Labute approximate surface area is 233 Å². The van der Waals surface area contributed by atoms with Crippen molar-refractivity contribution >= 4 is 5.82 Å². The number of nitrogens with zero attached hydrogens (tertiary/aromatic N) is 6. The molecule has 2 N–H and O–H groups in total. The monoisotopic (exact) mass is 561 g/mol. The highest BCUT2D eigenvalue weighted by atomic mass is 19.3. The first-order valence-corrected chi connectivity index (χ1v) is 14.7. The van der Waals surface area contributed by atoms with E-state index in [9.17, 15) is 13.9 Å². The van der Waals surface area contributed by atoms with Crippen LogP contribution in [-0.4, -0.2) is 92.5 Å². The molecule has 0 unspecified atom stereocenters. The molecule has 10 nitrogen and oxygen atoms in total. The summed E-state index contributed by atoms with van der Waals surface area (Å²) in [5.41, 5.74) is -2.35. The SMILES string of the molecule is CC(C)(O)c1nc(C2CC2)n(-c2ccc(NC3CCC(CN4CCC5(CC4)COCCO5)(C(F)F)CC3)nn2)n1. The van der Waals surface area contributed by atoms with Crippen LogP contribution in [0.5, 0.6) is 0 Å². The molecule has 2 aliphatic heterocycles. The van der Waals surface area contributed by atoms with E-state index < -0.39 is 17.4 Å². The van der Waals surface area contributed by atoms with Gasteiger partial charge in [0.25, 0.3) is 0 Å². The lowest BCUT2D eigenvalue weighted by Gasteiger charge is -2.47. The average Bonchev–Trinajstić information content (AvgIpc) is 3.69. The van der Waals surface area contributed by atoms with E-state index in [-0.39, 0.29) is 11.6 Å². The van der Waals surface area contributed by atoms with Crippen molar-refractivity contribution in [3.63, 3.8) is 0 Å². The number of piperidine rings is 1. The van der Waals surface area contributed by atoms with Crippen LogP contribution in [0.2, 0.25) is 0 Å². The first kappa shape index (κ1) is 27.9. The van der Waals surface area contributed by atoms with Crippen LogP contribution in [0.15, 0.2) is 12.1 Å². The highest BCUT2D eigenvalue weighted by Crippen LogP contribution is 2.44. The molecule has 40 heavy (non-hydrogen) atoms. The fraction of sp³-hybridized carbons (Fsp3) is 0.786. The molecule has 2 saturated carbocycles. The molecule has 12 heteroatoms. The maximum absolute atomic E-state index is 14.5. The number of hydrogen-bond donors (Lipinski definition) is 2. The van der Waals surface area contributed by atoms with Gasteiger partial charge in [-0.1, -0.05) is 0 Å². The minimum absolute atomic E-state index is 0.0691. The second-order valence-corrected chi connectivity index (χ2v) is 12.8. The summed E-state index contributed by atoms with van der Waals surface area (Å²) in [5, 5.41) is 27.0. The topological polar surface area (TPSA) is 110 Å². The summed E-state index contributed by atoms with van der Waals surface area (Å²) in [5.74, 6) is 2.64. The molecule has 2 saturated heterocycles. The van der Waals surface area contributed by atoms with Gasteiger partial charge in [-0.3, -0.25) is 0 Å². The molecule has 2 aliphatic carbocycles. The third-order valence-electron chi connectivity index (χ3n) is 9.09. The Morgan fingerprint density at radius 1 is 1.07 bits per heavy atom. The van der Waals surface area contributed by atoms with Crippen molar-refractivity contribution in [1.29, 1.82) is 0 Å². The van der Waals surface area contributed by atoms with Gasteiger partial charge in [0.1, 0.15) is 17.2 Å². The number of rotatable bonds is 8. The fourth-order valence-electron chi connectivity index (χ4n) is 6.33. The molecule has 0 bridgehead atoms. The Morgan fingerprint density at radius 2 is 1.82 bits per heavy atom. The lowest BCUT2D eigenvalue weighted by atomic mass is 9.72. The zero-order valence-corrected chi connectivity index (χ0v) is 23.5. The van der Waals surface area contributed by atoms with Crippen LogP contribution >= 0.6 is 0 Å². The maximum atomic E-state index is 14.5. The highest BCUT2D eigenvalue weighted by molar-refractivity contribution is 5.38. The van der Waals surface area contributed by atoms with Gasteiger partial charge in [-0.2, -0.15) is 4.68 Å². The smallest absolute Gasteiger partial charge is 0.245 e. The number of aromatic nitrogens is 5. The van der Waals surface area contributed by atoms with Crippen LogP contribution in [-0.2, 0) is 15.1 Å². The van der Waals surface area contributed by atoms with E-state index in [2.05, 4.69) is 30.5 Å². The molecule has 4 fully saturated rings. The predicted molar refractivity (Wildman–Crippen MR) is 144 cm³/mol. The van der Waals surface area contributed by atoms with Crippen LogP contribution in [0.4, 0.5) is 14.6 Å². The van der Waals surface area contributed by atoms with Crippen molar-refractivity contribution in [1.82, 2.24) is 29.9 Å². The van der Waals surface area contributed by atoms with Crippen LogP contribution in [0.25, 0.3) is 5.82 Å². The molecule has 4 aliphatic rings. The summed E-state index contributed by atoms with van der Waals surface area (Å²) < 4.78 is 42.3. The highest BCUT2D eigenvalue weighted by Gasteiger charge is 2.46. The van der Waals surface area contributed by atoms with Gasteiger partial charge in [0.05, 0.1) is 25.4 Å². The van der Waals surface area contributed by atoms with E-state index in [0.29, 0.717) is 75.4 Å². The number of halogens is 2. The lowest BCUT2D eigenvalue weighted by molar-refractivity contribution is -0.180. The van der Waals surface area contributed by atoms with E-state index in [4.69, 9.17) is 9.47 Å². The van der Waals surface area contributed by atoms with Crippen molar-refractivity contribution in [2.24, 2.45) is 5.41 Å².